The molecule has 0 aliphatic heterocycles. The second-order valence-electron chi connectivity index (χ2n) is 2.93. The summed E-state index contributed by atoms with van der Waals surface area (Å²) < 4.78 is 23.6. The van der Waals surface area contributed by atoms with Crippen molar-refractivity contribution in [3.63, 3.8) is 0 Å². The van der Waals surface area contributed by atoms with E-state index in [0.29, 0.717) is 19.5 Å². The van der Waals surface area contributed by atoms with Crippen LogP contribution in [0.15, 0.2) is 0 Å². The van der Waals surface area contributed by atoms with E-state index in [1.165, 1.54) is 7.05 Å². The van der Waals surface area contributed by atoms with Crippen LogP contribution in [0.3, 0.4) is 0 Å². The number of hydrogen-bond acceptors (Lipinski definition) is 4. The smallest absolute Gasteiger partial charge is 0.320 e. The van der Waals surface area contributed by atoms with E-state index in [1.807, 2.05) is 0 Å². The van der Waals surface area contributed by atoms with Gasteiger partial charge < -0.3 is 10.4 Å². The predicted molar refractivity (Wildman–Crippen MR) is 52.6 cm³/mol. The molecule has 0 aromatic carbocycles. The molecule has 0 aliphatic rings. The SMILES string of the molecule is CNCCCN(C)S(=O)(=O)CC(=O)O. The highest BCUT2D eigenvalue weighted by Crippen LogP contribution is 1.98. The van der Waals surface area contributed by atoms with Crippen LogP contribution in [-0.2, 0) is 14.8 Å². The largest absolute Gasteiger partial charge is 0.480 e. The normalized spacial score (nSPS) is 11.9. The van der Waals surface area contributed by atoms with Gasteiger partial charge >= 0.3 is 5.97 Å². The number of aliphatic carboxylic acids is 1. The van der Waals surface area contributed by atoms with Crippen molar-refractivity contribution in [1.29, 1.82) is 0 Å². The van der Waals surface area contributed by atoms with E-state index >= 15 is 0 Å². The summed E-state index contributed by atoms with van der Waals surface area (Å²) in [6.07, 6.45) is 0.659. The number of rotatable bonds is 7. The van der Waals surface area contributed by atoms with Crippen molar-refractivity contribution in [3.05, 3.63) is 0 Å². The van der Waals surface area contributed by atoms with Gasteiger partial charge in [0.1, 0.15) is 0 Å². The van der Waals surface area contributed by atoms with Gasteiger partial charge in [0, 0.05) is 13.6 Å². The lowest BCUT2D eigenvalue weighted by molar-refractivity contribution is -0.134. The van der Waals surface area contributed by atoms with E-state index in [9.17, 15) is 13.2 Å². The Morgan fingerprint density at radius 3 is 2.50 bits per heavy atom. The Hall–Kier alpha value is -0.660. The first-order chi connectivity index (χ1) is 6.40. The molecule has 6 nitrogen and oxygen atoms in total. The highest BCUT2D eigenvalue weighted by molar-refractivity contribution is 7.89. The first-order valence-electron chi connectivity index (χ1n) is 4.20. The van der Waals surface area contributed by atoms with Gasteiger partial charge in [-0.15, -0.1) is 0 Å². The summed E-state index contributed by atoms with van der Waals surface area (Å²) in [5.41, 5.74) is 0. The van der Waals surface area contributed by atoms with Crippen molar-refractivity contribution >= 4 is 16.0 Å². The Labute approximate surface area is 84.0 Å². The van der Waals surface area contributed by atoms with E-state index in [2.05, 4.69) is 5.32 Å². The molecule has 0 atom stereocenters. The van der Waals surface area contributed by atoms with Gasteiger partial charge in [-0.1, -0.05) is 0 Å². The average molecular weight is 224 g/mol. The zero-order chi connectivity index (χ0) is 11.2. The first kappa shape index (κ1) is 13.3. The van der Waals surface area contributed by atoms with Crippen LogP contribution in [0.1, 0.15) is 6.42 Å². The number of carboxylic acid groups (broad SMARTS) is 1. The van der Waals surface area contributed by atoms with Gasteiger partial charge in [-0.3, -0.25) is 4.79 Å². The Morgan fingerprint density at radius 1 is 1.50 bits per heavy atom. The van der Waals surface area contributed by atoms with Crippen molar-refractivity contribution in [3.8, 4) is 0 Å². The van der Waals surface area contributed by atoms with E-state index in [1.54, 1.807) is 7.05 Å². The third-order valence-electron chi connectivity index (χ3n) is 1.68. The lowest BCUT2D eigenvalue weighted by atomic mass is 10.4. The quantitative estimate of drug-likeness (QED) is 0.538. The number of nitrogens with zero attached hydrogens (tertiary/aromatic N) is 1. The van der Waals surface area contributed by atoms with Gasteiger partial charge in [0.2, 0.25) is 10.0 Å². The van der Waals surface area contributed by atoms with Crippen LogP contribution in [-0.4, -0.2) is 56.7 Å². The highest BCUT2D eigenvalue weighted by Gasteiger charge is 2.20. The molecule has 0 heterocycles. The summed E-state index contributed by atoms with van der Waals surface area (Å²) >= 11 is 0. The van der Waals surface area contributed by atoms with Crippen molar-refractivity contribution in [2.45, 2.75) is 6.42 Å². The predicted octanol–water partition coefficient (Wildman–Crippen LogP) is -1.06. The fourth-order valence-corrected chi connectivity index (χ4v) is 1.82. The van der Waals surface area contributed by atoms with Crippen molar-refractivity contribution in [1.82, 2.24) is 9.62 Å². The first-order valence-corrected chi connectivity index (χ1v) is 5.81. The number of hydrogen-bond donors (Lipinski definition) is 2. The van der Waals surface area contributed by atoms with Gasteiger partial charge in [0.25, 0.3) is 0 Å². The van der Waals surface area contributed by atoms with E-state index in [4.69, 9.17) is 5.11 Å². The fraction of sp³-hybridized carbons (Fsp3) is 0.857. The van der Waals surface area contributed by atoms with Crippen molar-refractivity contribution < 1.29 is 18.3 Å². The maximum Gasteiger partial charge on any atom is 0.320 e. The minimum absolute atomic E-state index is 0.330. The van der Waals surface area contributed by atoms with Crippen LogP contribution in [0.5, 0.6) is 0 Å². The molecular weight excluding hydrogens is 208 g/mol. The topological polar surface area (TPSA) is 86.7 Å². The third kappa shape index (κ3) is 5.15. The Kier molecular flexibility index (Phi) is 5.66. The molecule has 0 saturated carbocycles. The molecule has 0 aromatic heterocycles. The molecule has 0 fully saturated rings. The molecule has 0 bridgehead atoms. The summed E-state index contributed by atoms with van der Waals surface area (Å²) in [7, 11) is -0.482. The molecule has 84 valence electrons. The molecule has 0 unspecified atom stereocenters. The minimum Gasteiger partial charge on any atom is -0.480 e. The molecule has 7 heteroatoms. The molecule has 14 heavy (non-hydrogen) atoms. The zero-order valence-electron chi connectivity index (χ0n) is 8.36. The molecule has 0 amide bonds. The minimum atomic E-state index is -3.63. The molecule has 0 saturated heterocycles. The van der Waals surface area contributed by atoms with Crippen molar-refractivity contribution in [2.24, 2.45) is 0 Å². The van der Waals surface area contributed by atoms with Crippen LogP contribution in [0.25, 0.3) is 0 Å². The number of sulfonamides is 1. The molecule has 0 radical (unpaired) electrons. The molecule has 0 aliphatic carbocycles. The summed E-state index contributed by atoms with van der Waals surface area (Å²) in [4.78, 5) is 10.2. The molecular formula is C7H16N2O4S. The maximum absolute atomic E-state index is 11.3. The molecule has 0 aromatic rings. The molecule has 2 N–H and O–H groups in total. The second kappa shape index (κ2) is 5.94. The Bertz CT molecular complexity index is 275. The third-order valence-corrected chi connectivity index (χ3v) is 3.42. The Balaban J connectivity index is 4.08. The van der Waals surface area contributed by atoms with Crippen LogP contribution < -0.4 is 5.32 Å². The monoisotopic (exact) mass is 224 g/mol. The average Bonchev–Trinajstić information content (AvgIpc) is 2.02. The van der Waals surface area contributed by atoms with E-state index in [-0.39, 0.29) is 0 Å². The van der Waals surface area contributed by atoms with Crippen LogP contribution in [0, 0.1) is 0 Å². The molecule has 0 rings (SSSR count). The molecule has 0 spiro atoms. The highest BCUT2D eigenvalue weighted by atomic mass is 32.2. The van der Waals surface area contributed by atoms with Crippen LogP contribution in [0.2, 0.25) is 0 Å². The standard InChI is InChI=1S/C7H16N2O4S/c1-8-4-3-5-9(2)14(12,13)6-7(10)11/h8H,3-6H2,1-2H3,(H,10,11). The zero-order valence-corrected chi connectivity index (χ0v) is 9.17. The van der Waals surface area contributed by atoms with Crippen molar-refractivity contribution in [2.75, 3.05) is 32.9 Å². The summed E-state index contributed by atoms with van der Waals surface area (Å²) in [5, 5.41) is 11.2. The lowest BCUT2D eigenvalue weighted by Gasteiger charge is -2.15. The summed E-state index contributed by atoms with van der Waals surface area (Å²) in [6.45, 7) is 1.03. The number of carboxylic acids is 1. The van der Waals surface area contributed by atoms with Gasteiger partial charge in [-0.2, -0.15) is 0 Å². The summed E-state index contributed by atoms with van der Waals surface area (Å²) in [5.74, 6) is -2.17. The maximum atomic E-state index is 11.3. The van der Waals surface area contributed by atoms with Crippen LogP contribution >= 0.6 is 0 Å². The Morgan fingerprint density at radius 2 is 2.07 bits per heavy atom. The van der Waals surface area contributed by atoms with Crippen LogP contribution in [0.4, 0.5) is 0 Å². The number of carbonyl (C=O) groups is 1. The second-order valence-corrected chi connectivity index (χ2v) is 5.00. The van der Waals surface area contributed by atoms with E-state index in [0.717, 1.165) is 4.31 Å². The fourth-order valence-electron chi connectivity index (χ4n) is 0.884. The summed E-state index contributed by atoms with van der Waals surface area (Å²) in [6, 6.07) is 0. The van der Waals surface area contributed by atoms with Gasteiger partial charge in [0.15, 0.2) is 5.75 Å². The lowest BCUT2D eigenvalue weighted by Crippen LogP contribution is -2.33. The van der Waals surface area contributed by atoms with Gasteiger partial charge in [-0.05, 0) is 20.0 Å². The van der Waals surface area contributed by atoms with E-state index < -0.39 is 21.7 Å². The number of nitrogens with one attached hydrogen (secondary N) is 1. The van der Waals surface area contributed by atoms with Gasteiger partial charge in [-0.25, -0.2) is 12.7 Å². The van der Waals surface area contributed by atoms with Gasteiger partial charge in [0.05, 0.1) is 0 Å².